The van der Waals surface area contributed by atoms with E-state index in [1.54, 1.807) is 48.5 Å². The molecule has 0 aromatic heterocycles. The quantitative estimate of drug-likeness (QED) is 0.231. The minimum atomic E-state index is -4.03. The Hall–Kier alpha value is -4.22. The molecule has 0 saturated carbocycles. The monoisotopic (exact) mass is 592 g/mol. The number of aryl methyl sites for hydroxylation is 2. The molecule has 1 aliphatic rings. The number of carbonyl (C=O) groups excluding carboxylic acids is 2. The number of sulfonamides is 1. The molecule has 0 unspecified atom stereocenters. The van der Waals surface area contributed by atoms with Crippen molar-refractivity contribution in [1.82, 2.24) is 10.7 Å². The van der Waals surface area contributed by atoms with Crippen molar-refractivity contribution in [3.8, 4) is 5.75 Å². The molecule has 0 bridgehead atoms. The van der Waals surface area contributed by atoms with Crippen LogP contribution in [0, 0.1) is 6.92 Å². The molecule has 1 aliphatic heterocycles. The largest absolute Gasteiger partial charge is 0.484 e. The fourth-order valence-corrected chi connectivity index (χ4v) is 5.88. The van der Waals surface area contributed by atoms with Crippen LogP contribution in [-0.4, -0.2) is 58.9 Å². The highest BCUT2D eigenvalue weighted by Gasteiger charge is 2.28. The maximum Gasteiger partial charge on any atom is 0.264 e. The number of nitrogens with one attached hydrogen (secondary N) is 2. The number of rotatable bonds is 13. The molecule has 2 N–H and O–H groups in total. The van der Waals surface area contributed by atoms with Gasteiger partial charge in [-0.3, -0.25) is 13.9 Å². The van der Waals surface area contributed by atoms with Gasteiger partial charge in [0.05, 0.1) is 22.9 Å². The van der Waals surface area contributed by atoms with Crippen LogP contribution < -0.4 is 19.8 Å². The number of hydrazone groups is 1. The van der Waals surface area contributed by atoms with E-state index in [1.165, 1.54) is 18.3 Å². The second-order valence-electron chi connectivity index (χ2n) is 9.90. The van der Waals surface area contributed by atoms with Crippen molar-refractivity contribution >= 4 is 33.7 Å². The lowest BCUT2D eigenvalue weighted by molar-refractivity contribution is -0.123. The van der Waals surface area contributed by atoms with E-state index in [4.69, 9.17) is 9.47 Å². The maximum absolute atomic E-state index is 13.6. The molecular weight excluding hydrogens is 556 g/mol. The molecular formula is C31H36N4O6S. The smallest absolute Gasteiger partial charge is 0.264 e. The number of benzene rings is 3. The summed E-state index contributed by atoms with van der Waals surface area (Å²) in [5.74, 6) is -0.310. The fraction of sp³-hybridized carbons (Fsp3) is 0.323. The zero-order chi connectivity index (χ0) is 30.0. The van der Waals surface area contributed by atoms with Gasteiger partial charge in [-0.1, -0.05) is 42.8 Å². The highest BCUT2D eigenvalue weighted by molar-refractivity contribution is 7.92. The second-order valence-corrected chi connectivity index (χ2v) is 11.8. The Bertz CT molecular complexity index is 1480. The van der Waals surface area contributed by atoms with Crippen molar-refractivity contribution in [2.45, 2.75) is 44.1 Å². The molecule has 42 heavy (non-hydrogen) atoms. The number of para-hydroxylation sites is 1. The molecule has 1 fully saturated rings. The van der Waals surface area contributed by atoms with E-state index < -0.39 is 22.5 Å². The molecule has 10 nitrogen and oxygen atoms in total. The molecule has 1 heterocycles. The van der Waals surface area contributed by atoms with Gasteiger partial charge in [0.25, 0.3) is 21.8 Å². The second kappa shape index (κ2) is 14.6. The van der Waals surface area contributed by atoms with Crippen molar-refractivity contribution in [2.24, 2.45) is 5.10 Å². The van der Waals surface area contributed by atoms with Crippen LogP contribution >= 0.6 is 0 Å². The van der Waals surface area contributed by atoms with E-state index in [-0.39, 0.29) is 23.5 Å². The topological polar surface area (TPSA) is 126 Å². The molecule has 0 radical (unpaired) electrons. The molecule has 0 aliphatic carbocycles. The summed E-state index contributed by atoms with van der Waals surface area (Å²) in [5, 5.41) is 6.80. The van der Waals surface area contributed by atoms with Crippen LogP contribution in [0.2, 0.25) is 0 Å². The van der Waals surface area contributed by atoms with Crippen molar-refractivity contribution < 1.29 is 27.5 Å². The Morgan fingerprint density at radius 2 is 1.79 bits per heavy atom. The first kappa shape index (κ1) is 30.7. The Balaban J connectivity index is 1.35. The molecule has 1 saturated heterocycles. The lowest BCUT2D eigenvalue weighted by Crippen LogP contribution is -2.40. The van der Waals surface area contributed by atoms with Gasteiger partial charge >= 0.3 is 0 Å². The molecule has 0 spiro atoms. The third kappa shape index (κ3) is 8.40. The first-order chi connectivity index (χ1) is 20.3. The van der Waals surface area contributed by atoms with Gasteiger partial charge in [0.1, 0.15) is 12.3 Å². The molecule has 3 aromatic rings. The van der Waals surface area contributed by atoms with Crippen molar-refractivity contribution in [3.05, 3.63) is 89.5 Å². The Morgan fingerprint density at radius 3 is 2.48 bits per heavy atom. The number of hydrogen-bond donors (Lipinski definition) is 2. The Labute approximate surface area is 246 Å². The first-order valence-electron chi connectivity index (χ1n) is 13.9. The lowest BCUT2D eigenvalue weighted by Gasteiger charge is -2.25. The summed E-state index contributed by atoms with van der Waals surface area (Å²) in [4.78, 5) is 25.0. The standard InChI is InChI=1S/C31H36N4O6S/c1-3-25-7-4-5-9-29(25)35(42(38,39)28-16-10-23(2)11-17-28)21-30(36)34-33-19-24-12-14-26(15-13-24)41-22-31(37)32-20-27-8-6-18-40-27/h4-5,7,9-17,19,27H,3,6,8,18,20-22H2,1-2H3,(H,32,37)(H,34,36)/b33-19-/t27-/m0/s1. The summed E-state index contributed by atoms with van der Waals surface area (Å²) < 4.78 is 39.4. The van der Waals surface area contributed by atoms with Gasteiger partial charge in [-0.2, -0.15) is 5.10 Å². The zero-order valence-corrected chi connectivity index (χ0v) is 24.6. The van der Waals surface area contributed by atoms with E-state index in [9.17, 15) is 18.0 Å². The van der Waals surface area contributed by atoms with Crippen LogP contribution in [0.5, 0.6) is 5.75 Å². The van der Waals surface area contributed by atoms with Gasteiger partial charge in [0.2, 0.25) is 0 Å². The SMILES string of the molecule is CCc1ccccc1N(CC(=O)N/N=C\c1ccc(OCC(=O)NC[C@@H]2CCCO2)cc1)S(=O)(=O)c1ccc(C)cc1. The molecule has 1 atom stereocenters. The van der Waals surface area contributed by atoms with Crippen LogP contribution in [0.3, 0.4) is 0 Å². The van der Waals surface area contributed by atoms with Gasteiger partial charge in [0, 0.05) is 13.2 Å². The molecule has 4 rings (SSSR count). The summed E-state index contributed by atoms with van der Waals surface area (Å²) in [6.07, 6.45) is 4.06. The van der Waals surface area contributed by atoms with Gasteiger partial charge in [-0.15, -0.1) is 0 Å². The normalized spacial score (nSPS) is 15.0. The van der Waals surface area contributed by atoms with E-state index in [0.717, 1.165) is 34.9 Å². The van der Waals surface area contributed by atoms with E-state index >= 15 is 0 Å². The van der Waals surface area contributed by atoms with Crippen LogP contribution in [-0.2, 0) is 30.8 Å². The lowest BCUT2D eigenvalue weighted by atomic mass is 10.1. The van der Waals surface area contributed by atoms with Gasteiger partial charge < -0.3 is 14.8 Å². The highest BCUT2D eigenvalue weighted by Crippen LogP contribution is 2.27. The van der Waals surface area contributed by atoms with Crippen LogP contribution in [0.15, 0.2) is 82.8 Å². The Morgan fingerprint density at radius 1 is 1.05 bits per heavy atom. The number of nitrogens with zero attached hydrogens (tertiary/aromatic N) is 2. The van der Waals surface area contributed by atoms with E-state index in [2.05, 4.69) is 15.8 Å². The Kier molecular flexibility index (Phi) is 10.7. The average Bonchev–Trinajstić information content (AvgIpc) is 3.52. The fourth-order valence-electron chi connectivity index (χ4n) is 4.42. The minimum Gasteiger partial charge on any atom is -0.484 e. The summed E-state index contributed by atoms with van der Waals surface area (Å²) in [6.45, 7) is 4.45. The van der Waals surface area contributed by atoms with E-state index in [0.29, 0.717) is 30.0 Å². The number of amides is 2. The summed E-state index contributed by atoms with van der Waals surface area (Å²) >= 11 is 0. The number of anilines is 1. The average molecular weight is 593 g/mol. The molecule has 222 valence electrons. The molecule has 2 amide bonds. The molecule has 11 heteroatoms. The summed E-state index contributed by atoms with van der Waals surface area (Å²) in [5.41, 5.74) is 5.26. The summed E-state index contributed by atoms with van der Waals surface area (Å²) in [7, 11) is -4.03. The number of carbonyl (C=O) groups is 2. The predicted molar refractivity (Wildman–Crippen MR) is 161 cm³/mol. The van der Waals surface area contributed by atoms with Crippen LogP contribution in [0.25, 0.3) is 0 Å². The van der Waals surface area contributed by atoms with Gasteiger partial charge in [0.15, 0.2) is 6.61 Å². The number of hydrogen-bond acceptors (Lipinski definition) is 7. The predicted octanol–water partition coefficient (Wildman–Crippen LogP) is 3.58. The third-order valence-electron chi connectivity index (χ3n) is 6.74. The highest BCUT2D eigenvalue weighted by atomic mass is 32.2. The van der Waals surface area contributed by atoms with Gasteiger partial charge in [-0.05, 0) is 79.8 Å². The maximum atomic E-state index is 13.6. The number of ether oxygens (including phenoxy) is 2. The van der Waals surface area contributed by atoms with Crippen molar-refractivity contribution in [1.29, 1.82) is 0 Å². The third-order valence-corrected chi connectivity index (χ3v) is 8.52. The van der Waals surface area contributed by atoms with Crippen molar-refractivity contribution in [2.75, 3.05) is 30.6 Å². The van der Waals surface area contributed by atoms with Crippen LogP contribution in [0.1, 0.15) is 36.5 Å². The minimum absolute atomic E-state index is 0.0702. The molecule has 3 aromatic carbocycles. The van der Waals surface area contributed by atoms with Crippen molar-refractivity contribution in [3.63, 3.8) is 0 Å². The van der Waals surface area contributed by atoms with Gasteiger partial charge in [-0.25, -0.2) is 13.8 Å². The van der Waals surface area contributed by atoms with Crippen LogP contribution in [0.4, 0.5) is 5.69 Å². The summed E-state index contributed by atoms with van der Waals surface area (Å²) in [6, 6.07) is 20.4. The zero-order valence-electron chi connectivity index (χ0n) is 23.8. The van der Waals surface area contributed by atoms with E-state index in [1.807, 2.05) is 26.0 Å². The first-order valence-corrected chi connectivity index (χ1v) is 15.3.